The Hall–Kier alpha value is -0.410. The zero-order valence-corrected chi connectivity index (χ0v) is 10.5. The molecule has 1 rings (SSSR count). The number of rotatable bonds is 7. The minimum absolute atomic E-state index is 0.329. The second-order valence-corrected chi connectivity index (χ2v) is 4.76. The van der Waals surface area contributed by atoms with Crippen molar-refractivity contribution in [2.24, 2.45) is 0 Å². The summed E-state index contributed by atoms with van der Waals surface area (Å²) in [6.45, 7) is 4.89. The number of carbonyl (C=O) groups is 1. The normalized spacial score (nSPS) is 25.9. The first-order chi connectivity index (χ1) is 7.72. The summed E-state index contributed by atoms with van der Waals surface area (Å²) in [5, 5.41) is 0. The van der Waals surface area contributed by atoms with Gasteiger partial charge in [0.05, 0.1) is 18.3 Å². The van der Waals surface area contributed by atoms with Crippen molar-refractivity contribution in [3.63, 3.8) is 0 Å². The van der Waals surface area contributed by atoms with Crippen molar-refractivity contribution in [2.45, 2.75) is 70.7 Å². The van der Waals surface area contributed by atoms with Gasteiger partial charge < -0.3 is 14.3 Å². The summed E-state index contributed by atoms with van der Waals surface area (Å²) in [5.74, 6) is 0. The van der Waals surface area contributed by atoms with Crippen molar-refractivity contribution in [3.8, 4) is 0 Å². The number of aldehydes is 1. The van der Waals surface area contributed by atoms with E-state index in [9.17, 15) is 4.79 Å². The molecule has 0 heterocycles. The molecule has 94 valence electrons. The van der Waals surface area contributed by atoms with Gasteiger partial charge in [-0.05, 0) is 46.0 Å². The molecule has 3 nitrogen and oxygen atoms in total. The Balaban J connectivity index is 2.05. The highest BCUT2D eigenvalue weighted by molar-refractivity contribution is 5.48. The van der Waals surface area contributed by atoms with Crippen LogP contribution in [0.2, 0.25) is 0 Å². The van der Waals surface area contributed by atoms with Crippen molar-refractivity contribution >= 4 is 6.29 Å². The minimum atomic E-state index is 0.329. The van der Waals surface area contributed by atoms with E-state index in [-0.39, 0.29) is 0 Å². The molecule has 1 aliphatic carbocycles. The van der Waals surface area contributed by atoms with Crippen LogP contribution in [0, 0.1) is 0 Å². The van der Waals surface area contributed by atoms with Gasteiger partial charge in [0.1, 0.15) is 6.29 Å². The van der Waals surface area contributed by atoms with Gasteiger partial charge in [-0.3, -0.25) is 0 Å². The van der Waals surface area contributed by atoms with Gasteiger partial charge in [0, 0.05) is 13.0 Å². The average molecular weight is 228 g/mol. The molecule has 1 aliphatic rings. The van der Waals surface area contributed by atoms with Crippen LogP contribution < -0.4 is 0 Å². The Morgan fingerprint density at radius 2 is 1.81 bits per heavy atom. The van der Waals surface area contributed by atoms with Gasteiger partial charge in [0.25, 0.3) is 0 Å². The van der Waals surface area contributed by atoms with Gasteiger partial charge in [-0.2, -0.15) is 0 Å². The van der Waals surface area contributed by atoms with Crippen LogP contribution in [0.15, 0.2) is 0 Å². The van der Waals surface area contributed by atoms with E-state index >= 15 is 0 Å². The standard InChI is InChI=1S/C13H24O3/c1-11(2)16-13-7-5-12(6-8-13)15-10-4-3-9-14/h9,11-13H,3-8,10H2,1-2H3. The number of unbranched alkanes of at least 4 members (excludes halogenated alkanes) is 1. The Bertz CT molecular complexity index is 184. The van der Waals surface area contributed by atoms with E-state index in [2.05, 4.69) is 13.8 Å². The summed E-state index contributed by atoms with van der Waals surface area (Å²) in [6, 6.07) is 0. The van der Waals surface area contributed by atoms with Crippen molar-refractivity contribution in [3.05, 3.63) is 0 Å². The van der Waals surface area contributed by atoms with Gasteiger partial charge in [0.2, 0.25) is 0 Å². The van der Waals surface area contributed by atoms with E-state index in [4.69, 9.17) is 9.47 Å². The summed E-state index contributed by atoms with van der Waals surface area (Å²) in [5.41, 5.74) is 0. The zero-order chi connectivity index (χ0) is 11.8. The van der Waals surface area contributed by atoms with E-state index in [1.807, 2.05) is 0 Å². The molecule has 3 heteroatoms. The van der Waals surface area contributed by atoms with Crippen LogP contribution >= 0.6 is 0 Å². The topological polar surface area (TPSA) is 35.5 Å². The molecule has 0 N–H and O–H groups in total. The lowest BCUT2D eigenvalue weighted by Gasteiger charge is -2.29. The monoisotopic (exact) mass is 228 g/mol. The van der Waals surface area contributed by atoms with E-state index in [1.165, 1.54) is 0 Å². The number of carbonyl (C=O) groups excluding carboxylic acids is 1. The van der Waals surface area contributed by atoms with Gasteiger partial charge in [0.15, 0.2) is 0 Å². The van der Waals surface area contributed by atoms with Crippen LogP contribution in [-0.4, -0.2) is 31.2 Å². The van der Waals surface area contributed by atoms with Crippen molar-refractivity contribution in [2.75, 3.05) is 6.61 Å². The molecule has 1 fully saturated rings. The van der Waals surface area contributed by atoms with Crippen molar-refractivity contribution in [1.82, 2.24) is 0 Å². The number of hydrogen-bond donors (Lipinski definition) is 0. The summed E-state index contributed by atoms with van der Waals surface area (Å²) in [4.78, 5) is 10.1. The molecule has 0 spiro atoms. The van der Waals surface area contributed by atoms with Crippen molar-refractivity contribution < 1.29 is 14.3 Å². The maximum atomic E-state index is 10.1. The molecule has 0 aromatic heterocycles. The second-order valence-electron chi connectivity index (χ2n) is 4.76. The van der Waals surface area contributed by atoms with Gasteiger partial charge in [-0.25, -0.2) is 0 Å². The third-order valence-electron chi connectivity index (χ3n) is 2.91. The summed E-state index contributed by atoms with van der Waals surface area (Å²) in [7, 11) is 0. The van der Waals surface area contributed by atoms with Gasteiger partial charge >= 0.3 is 0 Å². The van der Waals surface area contributed by atoms with Gasteiger partial charge in [-0.15, -0.1) is 0 Å². The highest BCUT2D eigenvalue weighted by atomic mass is 16.5. The molecule has 0 aromatic carbocycles. The van der Waals surface area contributed by atoms with Crippen LogP contribution in [0.3, 0.4) is 0 Å². The van der Waals surface area contributed by atoms with Gasteiger partial charge in [-0.1, -0.05) is 0 Å². The fourth-order valence-corrected chi connectivity index (χ4v) is 2.14. The molecule has 0 unspecified atom stereocenters. The van der Waals surface area contributed by atoms with Crippen LogP contribution in [-0.2, 0) is 14.3 Å². The highest BCUT2D eigenvalue weighted by Crippen LogP contribution is 2.24. The maximum Gasteiger partial charge on any atom is 0.120 e. The molecule has 0 amide bonds. The zero-order valence-electron chi connectivity index (χ0n) is 10.5. The molecular formula is C13H24O3. The molecule has 0 saturated heterocycles. The number of hydrogen-bond acceptors (Lipinski definition) is 3. The van der Waals surface area contributed by atoms with Crippen LogP contribution in [0.1, 0.15) is 52.4 Å². The molecule has 16 heavy (non-hydrogen) atoms. The van der Waals surface area contributed by atoms with Crippen LogP contribution in [0.5, 0.6) is 0 Å². The Morgan fingerprint density at radius 1 is 1.19 bits per heavy atom. The Labute approximate surface area is 98.5 Å². The van der Waals surface area contributed by atoms with E-state index in [1.54, 1.807) is 0 Å². The summed E-state index contributed by atoms with van der Waals surface area (Å²) in [6.07, 6.45) is 7.97. The Kier molecular flexibility index (Phi) is 6.65. The average Bonchev–Trinajstić information content (AvgIpc) is 2.26. The summed E-state index contributed by atoms with van der Waals surface area (Å²) >= 11 is 0. The highest BCUT2D eigenvalue weighted by Gasteiger charge is 2.22. The molecule has 0 aliphatic heterocycles. The lowest BCUT2D eigenvalue weighted by molar-refractivity contribution is -0.108. The fourth-order valence-electron chi connectivity index (χ4n) is 2.14. The summed E-state index contributed by atoms with van der Waals surface area (Å²) < 4.78 is 11.5. The third-order valence-corrected chi connectivity index (χ3v) is 2.91. The minimum Gasteiger partial charge on any atom is -0.378 e. The van der Waals surface area contributed by atoms with Crippen molar-refractivity contribution in [1.29, 1.82) is 0 Å². The first kappa shape index (κ1) is 13.7. The third kappa shape index (κ3) is 5.61. The first-order valence-electron chi connectivity index (χ1n) is 6.43. The number of ether oxygens (including phenoxy) is 2. The predicted octanol–water partition coefficient (Wildman–Crippen LogP) is 2.72. The fraction of sp³-hybridized carbons (Fsp3) is 0.923. The van der Waals surface area contributed by atoms with Crippen LogP contribution in [0.25, 0.3) is 0 Å². The smallest absolute Gasteiger partial charge is 0.120 e. The van der Waals surface area contributed by atoms with Crippen LogP contribution in [0.4, 0.5) is 0 Å². The largest absolute Gasteiger partial charge is 0.378 e. The first-order valence-corrected chi connectivity index (χ1v) is 6.43. The molecule has 0 aromatic rings. The molecule has 0 atom stereocenters. The lowest BCUT2D eigenvalue weighted by Crippen LogP contribution is -2.28. The Morgan fingerprint density at radius 3 is 2.38 bits per heavy atom. The quantitative estimate of drug-likeness (QED) is 0.496. The van der Waals surface area contributed by atoms with E-state index in [0.29, 0.717) is 24.7 Å². The molecule has 0 bridgehead atoms. The lowest BCUT2D eigenvalue weighted by atomic mass is 9.95. The van der Waals surface area contributed by atoms with E-state index in [0.717, 1.165) is 45.0 Å². The van der Waals surface area contributed by atoms with E-state index < -0.39 is 0 Å². The molecule has 0 radical (unpaired) electrons. The molecule has 1 saturated carbocycles. The molecular weight excluding hydrogens is 204 g/mol. The second kappa shape index (κ2) is 7.80. The maximum absolute atomic E-state index is 10.1. The SMILES string of the molecule is CC(C)OC1CCC(OCCCC=O)CC1. The predicted molar refractivity (Wildman–Crippen MR) is 63.5 cm³/mol.